The lowest BCUT2D eigenvalue weighted by atomic mass is 9.94. The van der Waals surface area contributed by atoms with E-state index in [1.807, 2.05) is 20.8 Å². The van der Waals surface area contributed by atoms with Gasteiger partial charge in [0.25, 0.3) is 15.9 Å². The van der Waals surface area contributed by atoms with Crippen molar-refractivity contribution in [3.63, 3.8) is 0 Å². The maximum absolute atomic E-state index is 14.5. The SMILES string of the molecule is Cc1cccc(S(=O)(=O)NC(=O)c2ccc(-c3cc(F)cc(OCC(C)C)c3)nc2OC(C)CC2CCOCC2)n1. The number of ether oxygens (including phenoxy) is 3. The van der Waals surface area contributed by atoms with Crippen molar-refractivity contribution in [2.45, 2.75) is 58.1 Å². The number of amides is 1. The number of halogens is 1. The Hall–Kier alpha value is -3.57. The number of pyridine rings is 2. The Morgan fingerprint density at radius 2 is 1.85 bits per heavy atom. The van der Waals surface area contributed by atoms with Crippen LogP contribution in [-0.4, -0.2) is 50.2 Å². The maximum Gasteiger partial charge on any atom is 0.281 e. The van der Waals surface area contributed by atoms with Crippen molar-refractivity contribution in [3.8, 4) is 22.9 Å². The Morgan fingerprint density at radius 1 is 1.10 bits per heavy atom. The van der Waals surface area contributed by atoms with E-state index < -0.39 is 21.7 Å². The molecule has 0 saturated carbocycles. The van der Waals surface area contributed by atoms with Gasteiger partial charge in [0, 0.05) is 30.5 Å². The molecule has 3 heterocycles. The highest BCUT2D eigenvalue weighted by molar-refractivity contribution is 7.90. The molecule has 1 unspecified atom stereocenters. The summed E-state index contributed by atoms with van der Waals surface area (Å²) in [5.41, 5.74) is 1.18. The number of hydrogen-bond donors (Lipinski definition) is 1. The third-order valence-electron chi connectivity index (χ3n) is 6.54. The highest BCUT2D eigenvalue weighted by Crippen LogP contribution is 2.30. The molecule has 1 amide bonds. The molecule has 1 atom stereocenters. The molecule has 1 N–H and O–H groups in total. The molecule has 1 aromatic carbocycles. The number of nitrogens with one attached hydrogen (secondary N) is 1. The van der Waals surface area contributed by atoms with Crippen molar-refractivity contribution < 1.29 is 31.8 Å². The highest BCUT2D eigenvalue weighted by Gasteiger charge is 2.26. The Morgan fingerprint density at radius 3 is 2.56 bits per heavy atom. The molecule has 1 saturated heterocycles. The molecule has 41 heavy (non-hydrogen) atoms. The van der Waals surface area contributed by atoms with Crippen LogP contribution in [0.5, 0.6) is 11.6 Å². The fourth-order valence-electron chi connectivity index (χ4n) is 4.51. The van der Waals surface area contributed by atoms with Crippen LogP contribution < -0.4 is 14.2 Å². The number of hydrogen-bond acceptors (Lipinski definition) is 8. The molecule has 0 radical (unpaired) electrons. The lowest BCUT2D eigenvalue weighted by Crippen LogP contribution is -2.32. The zero-order chi connectivity index (χ0) is 29.6. The van der Waals surface area contributed by atoms with Crippen LogP contribution in [0.2, 0.25) is 0 Å². The Kier molecular flexibility index (Phi) is 9.93. The number of carbonyl (C=O) groups excluding carboxylic acids is 1. The van der Waals surface area contributed by atoms with E-state index in [1.165, 1.54) is 30.3 Å². The van der Waals surface area contributed by atoms with Crippen LogP contribution in [0.1, 0.15) is 56.1 Å². The zero-order valence-corrected chi connectivity index (χ0v) is 24.5. The minimum atomic E-state index is -4.26. The number of aromatic nitrogens is 2. The molecule has 11 heteroatoms. The summed E-state index contributed by atoms with van der Waals surface area (Å²) in [5, 5.41) is -0.278. The van der Waals surface area contributed by atoms with Gasteiger partial charge in [0.1, 0.15) is 17.1 Å². The van der Waals surface area contributed by atoms with Crippen molar-refractivity contribution in [1.82, 2.24) is 14.7 Å². The van der Waals surface area contributed by atoms with Gasteiger partial charge in [-0.25, -0.2) is 19.1 Å². The second-order valence-corrected chi connectivity index (χ2v) is 12.3. The molecule has 4 rings (SSSR count). The zero-order valence-electron chi connectivity index (χ0n) is 23.7. The summed E-state index contributed by atoms with van der Waals surface area (Å²) in [5.74, 6) is -0.486. The van der Waals surface area contributed by atoms with Crippen molar-refractivity contribution in [2.75, 3.05) is 19.8 Å². The molecule has 0 spiro atoms. The van der Waals surface area contributed by atoms with Gasteiger partial charge < -0.3 is 14.2 Å². The van der Waals surface area contributed by atoms with E-state index in [-0.39, 0.29) is 28.5 Å². The second kappa shape index (κ2) is 13.4. The van der Waals surface area contributed by atoms with Crippen molar-refractivity contribution in [3.05, 3.63) is 65.6 Å². The summed E-state index contributed by atoms with van der Waals surface area (Å²) in [6.07, 6.45) is 2.17. The van der Waals surface area contributed by atoms with Gasteiger partial charge in [0.05, 0.1) is 18.4 Å². The summed E-state index contributed by atoms with van der Waals surface area (Å²) in [4.78, 5) is 21.8. The van der Waals surface area contributed by atoms with Crippen LogP contribution in [0.15, 0.2) is 53.6 Å². The molecule has 2 aromatic heterocycles. The molecule has 9 nitrogen and oxygen atoms in total. The fourth-order valence-corrected chi connectivity index (χ4v) is 5.49. The molecule has 1 aliphatic heterocycles. The number of rotatable bonds is 11. The van der Waals surface area contributed by atoms with E-state index in [9.17, 15) is 17.6 Å². The number of nitrogens with zero attached hydrogens (tertiary/aromatic N) is 2. The summed E-state index contributed by atoms with van der Waals surface area (Å²) in [6.45, 7) is 9.30. The summed E-state index contributed by atoms with van der Waals surface area (Å²) >= 11 is 0. The van der Waals surface area contributed by atoms with Crippen LogP contribution in [0.4, 0.5) is 4.39 Å². The third kappa shape index (κ3) is 8.46. The minimum absolute atomic E-state index is 0.0547. The Bertz CT molecular complexity index is 1470. The Labute approximate surface area is 240 Å². The molecule has 220 valence electrons. The monoisotopic (exact) mass is 585 g/mol. The van der Waals surface area contributed by atoms with Gasteiger partial charge in [-0.3, -0.25) is 4.79 Å². The lowest BCUT2D eigenvalue weighted by molar-refractivity contribution is 0.0500. The van der Waals surface area contributed by atoms with E-state index >= 15 is 0 Å². The first-order valence-electron chi connectivity index (χ1n) is 13.7. The summed E-state index contributed by atoms with van der Waals surface area (Å²) < 4.78 is 59.7. The van der Waals surface area contributed by atoms with Crippen LogP contribution in [0.3, 0.4) is 0 Å². The van der Waals surface area contributed by atoms with Gasteiger partial charge in [-0.05, 0) is 81.3 Å². The minimum Gasteiger partial charge on any atom is -0.493 e. The van der Waals surface area contributed by atoms with Gasteiger partial charge in [-0.15, -0.1) is 0 Å². The molecular weight excluding hydrogens is 549 g/mol. The van der Waals surface area contributed by atoms with E-state index in [1.54, 1.807) is 25.1 Å². The van der Waals surface area contributed by atoms with Gasteiger partial charge >= 0.3 is 0 Å². The molecule has 1 fully saturated rings. The van der Waals surface area contributed by atoms with Crippen LogP contribution in [-0.2, 0) is 14.8 Å². The number of sulfonamides is 1. The first-order valence-corrected chi connectivity index (χ1v) is 15.2. The van der Waals surface area contributed by atoms with Gasteiger partial charge in [-0.1, -0.05) is 19.9 Å². The molecule has 0 aliphatic carbocycles. The summed E-state index contributed by atoms with van der Waals surface area (Å²) in [7, 11) is -4.26. The normalized spacial score (nSPS) is 15.0. The van der Waals surface area contributed by atoms with E-state index in [2.05, 4.69) is 14.7 Å². The van der Waals surface area contributed by atoms with Crippen LogP contribution in [0, 0.1) is 24.6 Å². The Balaban J connectivity index is 1.65. The average Bonchev–Trinajstić information content (AvgIpc) is 2.92. The summed E-state index contributed by atoms with van der Waals surface area (Å²) in [6, 6.07) is 11.7. The van der Waals surface area contributed by atoms with Gasteiger partial charge in [0.2, 0.25) is 5.88 Å². The quantitative estimate of drug-likeness (QED) is 0.321. The topological polar surface area (TPSA) is 117 Å². The lowest BCUT2D eigenvalue weighted by Gasteiger charge is -2.25. The fraction of sp³-hybridized carbons (Fsp3) is 0.433. The van der Waals surface area contributed by atoms with Crippen molar-refractivity contribution >= 4 is 15.9 Å². The molecule has 0 bridgehead atoms. The largest absolute Gasteiger partial charge is 0.493 e. The molecule has 3 aromatic rings. The van der Waals surface area contributed by atoms with Crippen LogP contribution >= 0.6 is 0 Å². The van der Waals surface area contributed by atoms with Crippen LogP contribution in [0.25, 0.3) is 11.3 Å². The van der Waals surface area contributed by atoms with E-state index in [0.717, 1.165) is 12.8 Å². The number of benzene rings is 1. The second-order valence-electron chi connectivity index (χ2n) is 10.7. The maximum atomic E-state index is 14.5. The number of aryl methyl sites for hydroxylation is 1. The van der Waals surface area contributed by atoms with Gasteiger partial charge in [0.15, 0.2) is 5.03 Å². The predicted molar refractivity (Wildman–Crippen MR) is 152 cm³/mol. The highest BCUT2D eigenvalue weighted by atomic mass is 32.2. The smallest absolute Gasteiger partial charge is 0.281 e. The third-order valence-corrected chi connectivity index (χ3v) is 7.77. The van der Waals surface area contributed by atoms with E-state index in [0.29, 0.717) is 54.9 Å². The standard InChI is InChI=1S/C30H36FN3O6S/c1-19(2)18-39-25-16-23(15-24(31)17-25)27-9-8-26(29(35)34-41(36,37)28-7-5-6-20(3)32-28)30(33-27)40-21(4)14-22-10-12-38-13-11-22/h5-9,15-17,19,21-22H,10-14,18H2,1-4H3,(H,34,35). The van der Waals surface area contributed by atoms with E-state index in [4.69, 9.17) is 14.2 Å². The van der Waals surface area contributed by atoms with Crippen molar-refractivity contribution in [1.29, 1.82) is 0 Å². The molecular formula is C30H36FN3O6S. The van der Waals surface area contributed by atoms with Crippen molar-refractivity contribution in [2.24, 2.45) is 11.8 Å². The first kappa shape index (κ1) is 30.4. The molecule has 1 aliphatic rings. The number of carbonyl (C=O) groups is 1. The average molecular weight is 586 g/mol. The van der Waals surface area contributed by atoms with Gasteiger partial charge in [-0.2, -0.15) is 8.42 Å². The predicted octanol–water partition coefficient (Wildman–Crippen LogP) is 5.33. The first-order chi connectivity index (χ1) is 19.5.